The third-order valence-corrected chi connectivity index (χ3v) is 1.95. The lowest BCUT2D eigenvalue weighted by Crippen LogP contribution is -2.07. The van der Waals surface area contributed by atoms with Crippen molar-refractivity contribution in [2.24, 2.45) is 0 Å². The van der Waals surface area contributed by atoms with Crippen LogP contribution in [0, 0.1) is 0 Å². The molecule has 0 atom stereocenters. The number of rotatable bonds is 6. The van der Waals surface area contributed by atoms with Gasteiger partial charge in [0.15, 0.2) is 6.29 Å². The fourth-order valence-electron chi connectivity index (χ4n) is 1.24. The van der Waals surface area contributed by atoms with Crippen molar-refractivity contribution >= 4 is 12.3 Å². The highest BCUT2D eigenvalue weighted by Crippen LogP contribution is 2.01. The van der Waals surface area contributed by atoms with Crippen LogP contribution in [0.25, 0.3) is 0 Å². The summed E-state index contributed by atoms with van der Waals surface area (Å²) in [4.78, 5) is 25.4. The van der Waals surface area contributed by atoms with Crippen LogP contribution >= 0.6 is 0 Å². The molecule has 0 radical (unpaired) electrons. The lowest BCUT2D eigenvalue weighted by Gasteiger charge is -2.03. The first kappa shape index (κ1) is 11.4. The highest BCUT2D eigenvalue weighted by atomic mass is 16.5. The summed E-state index contributed by atoms with van der Waals surface area (Å²) in [5, 5.41) is 0. The number of carbonyl (C=O) groups excluding carboxylic acids is 2. The van der Waals surface area contributed by atoms with E-state index in [1.807, 2.05) is 0 Å². The van der Waals surface area contributed by atoms with Crippen LogP contribution in [0.5, 0.6) is 0 Å². The van der Waals surface area contributed by atoms with Crippen LogP contribution in [0.15, 0.2) is 12.5 Å². The number of hydrogen-bond donors (Lipinski definition) is 0. The number of ether oxygens (including phenoxy) is 1. The Morgan fingerprint density at radius 3 is 3.13 bits per heavy atom. The smallest absolute Gasteiger partial charge is 0.305 e. The van der Waals surface area contributed by atoms with E-state index in [0.717, 1.165) is 6.29 Å². The van der Waals surface area contributed by atoms with E-state index in [1.165, 1.54) is 6.20 Å². The van der Waals surface area contributed by atoms with Crippen LogP contribution in [0.4, 0.5) is 0 Å². The maximum absolute atomic E-state index is 11.0. The lowest BCUT2D eigenvalue weighted by atomic mass is 10.3. The molecule has 1 aromatic heterocycles. The van der Waals surface area contributed by atoms with Crippen molar-refractivity contribution in [2.45, 2.75) is 26.3 Å². The molecule has 0 saturated heterocycles. The molecule has 82 valence electrons. The first-order valence-corrected chi connectivity index (χ1v) is 4.89. The summed E-state index contributed by atoms with van der Waals surface area (Å²) in [6.07, 6.45) is 4.84. The third kappa shape index (κ3) is 3.53. The Kier molecular flexibility index (Phi) is 4.53. The molecule has 0 spiro atoms. The normalized spacial score (nSPS) is 9.93. The molecular weight excluding hydrogens is 196 g/mol. The molecule has 0 unspecified atom stereocenters. The predicted octanol–water partition coefficient (Wildman–Crippen LogP) is 1.04. The van der Waals surface area contributed by atoms with Gasteiger partial charge in [-0.25, -0.2) is 4.98 Å². The molecule has 0 aliphatic rings. The molecule has 0 aliphatic carbocycles. The number of aromatic nitrogens is 2. The van der Waals surface area contributed by atoms with Gasteiger partial charge in [-0.1, -0.05) is 0 Å². The highest BCUT2D eigenvalue weighted by Gasteiger charge is 2.03. The number of aryl methyl sites for hydroxylation is 1. The Balaban J connectivity index is 2.31. The minimum absolute atomic E-state index is 0.203. The van der Waals surface area contributed by atoms with Crippen LogP contribution in [0.1, 0.15) is 30.3 Å². The zero-order valence-corrected chi connectivity index (χ0v) is 8.68. The molecule has 1 rings (SSSR count). The third-order valence-electron chi connectivity index (χ3n) is 1.95. The Morgan fingerprint density at radius 1 is 1.67 bits per heavy atom. The van der Waals surface area contributed by atoms with Gasteiger partial charge in [0.05, 0.1) is 19.1 Å². The summed E-state index contributed by atoms with van der Waals surface area (Å²) in [6, 6.07) is 0. The van der Waals surface area contributed by atoms with Crippen molar-refractivity contribution in [2.75, 3.05) is 6.61 Å². The molecule has 0 aliphatic heterocycles. The van der Waals surface area contributed by atoms with Crippen LogP contribution in [0.3, 0.4) is 0 Å². The van der Waals surface area contributed by atoms with Gasteiger partial charge in [-0.2, -0.15) is 0 Å². The zero-order chi connectivity index (χ0) is 11.1. The zero-order valence-electron chi connectivity index (χ0n) is 8.68. The molecule has 0 N–H and O–H groups in total. The van der Waals surface area contributed by atoms with E-state index >= 15 is 0 Å². The quantitative estimate of drug-likeness (QED) is 0.520. The second-order valence-corrected chi connectivity index (χ2v) is 3.04. The summed E-state index contributed by atoms with van der Waals surface area (Å²) in [5.41, 5.74) is 0.527. The van der Waals surface area contributed by atoms with Crippen LogP contribution in [-0.4, -0.2) is 28.4 Å². The summed E-state index contributed by atoms with van der Waals surface area (Å²) >= 11 is 0. The molecule has 0 aromatic carbocycles. The van der Waals surface area contributed by atoms with Gasteiger partial charge >= 0.3 is 5.97 Å². The van der Waals surface area contributed by atoms with Crippen LogP contribution in [0.2, 0.25) is 0 Å². The molecule has 0 saturated carbocycles. The number of imidazole rings is 1. The minimum Gasteiger partial charge on any atom is -0.466 e. The highest BCUT2D eigenvalue weighted by molar-refractivity contribution is 5.71. The Bertz CT molecular complexity index is 333. The molecule has 1 heterocycles. The number of nitrogens with zero attached hydrogens (tertiary/aromatic N) is 2. The number of hydrogen-bond acceptors (Lipinski definition) is 4. The molecule has 5 heteroatoms. The van der Waals surface area contributed by atoms with Gasteiger partial charge in [0.2, 0.25) is 0 Å². The predicted molar refractivity (Wildman–Crippen MR) is 53.5 cm³/mol. The summed E-state index contributed by atoms with van der Waals surface area (Å²) in [6.45, 7) is 2.79. The SMILES string of the molecule is CCOC(=O)CCCn1cncc1C=O. The van der Waals surface area contributed by atoms with Crippen molar-refractivity contribution in [3.63, 3.8) is 0 Å². The van der Waals surface area contributed by atoms with Gasteiger partial charge < -0.3 is 9.30 Å². The maximum Gasteiger partial charge on any atom is 0.305 e. The second-order valence-electron chi connectivity index (χ2n) is 3.04. The largest absolute Gasteiger partial charge is 0.466 e. The van der Waals surface area contributed by atoms with Gasteiger partial charge in [-0.05, 0) is 13.3 Å². The molecule has 1 aromatic rings. The van der Waals surface area contributed by atoms with E-state index in [-0.39, 0.29) is 5.97 Å². The average Bonchev–Trinajstić information content (AvgIpc) is 2.66. The fraction of sp³-hybridized carbons (Fsp3) is 0.500. The summed E-state index contributed by atoms with van der Waals surface area (Å²) in [5.74, 6) is -0.203. The average molecular weight is 210 g/mol. The molecule has 15 heavy (non-hydrogen) atoms. The Morgan fingerprint density at radius 2 is 2.47 bits per heavy atom. The van der Waals surface area contributed by atoms with Crippen LogP contribution < -0.4 is 0 Å². The number of aldehydes is 1. The maximum atomic E-state index is 11.0. The van der Waals surface area contributed by atoms with E-state index in [0.29, 0.717) is 31.7 Å². The van der Waals surface area contributed by atoms with E-state index in [2.05, 4.69) is 4.98 Å². The summed E-state index contributed by atoms with van der Waals surface area (Å²) < 4.78 is 6.50. The van der Waals surface area contributed by atoms with E-state index < -0.39 is 0 Å². The van der Waals surface area contributed by atoms with Crippen molar-refractivity contribution in [3.05, 3.63) is 18.2 Å². The first-order valence-electron chi connectivity index (χ1n) is 4.89. The van der Waals surface area contributed by atoms with Crippen molar-refractivity contribution in [1.82, 2.24) is 9.55 Å². The molecule has 0 fully saturated rings. The minimum atomic E-state index is -0.203. The first-order chi connectivity index (χ1) is 7.27. The van der Waals surface area contributed by atoms with Crippen molar-refractivity contribution < 1.29 is 14.3 Å². The van der Waals surface area contributed by atoms with Gasteiger partial charge in [0, 0.05) is 13.0 Å². The van der Waals surface area contributed by atoms with Gasteiger partial charge in [0.25, 0.3) is 0 Å². The topological polar surface area (TPSA) is 61.2 Å². The molecular formula is C10H14N2O3. The Hall–Kier alpha value is -1.65. The Labute approximate surface area is 88.1 Å². The lowest BCUT2D eigenvalue weighted by molar-refractivity contribution is -0.143. The van der Waals surface area contributed by atoms with E-state index in [9.17, 15) is 9.59 Å². The van der Waals surface area contributed by atoms with E-state index in [1.54, 1.807) is 17.8 Å². The molecule has 0 amide bonds. The van der Waals surface area contributed by atoms with Crippen molar-refractivity contribution in [3.8, 4) is 0 Å². The van der Waals surface area contributed by atoms with Crippen molar-refractivity contribution in [1.29, 1.82) is 0 Å². The van der Waals surface area contributed by atoms with Gasteiger partial charge in [0.1, 0.15) is 5.69 Å². The van der Waals surface area contributed by atoms with E-state index in [4.69, 9.17) is 4.74 Å². The number of carbonyl (C=O) groups is 2. The molecule has 5 nitrogen and oxygen atoms in total. The van der Waals surface area contributed by atoms with Crippen LogP contribution in [-0.2, 0) is 16.1 Å². The van der Waals surface area contributed by atoms with Gasteiger partial charge in [-0.15, -0.1) is 0 Å². The number of esters is 1. The fourth-order valence-corrected chi connectivity index (χ4v) is 1.24. The van der Waals surface area contributed by atoms with Gasteiger partial charge in [-0.3, -0.25) is 9.59 Å². The summed E-state index contributed by atoms with van der Waals surface area (Å²) in [7, 11) is 0. The molecule has 0 bridgehead atoms. The second kappa shape index (κ2) is 5.95. The standard InChI is InChI=1S/C10H14N2O3/c1-2-15-10(14)4-3-5-12-8-11-6-9(12)7-13/h6-8H,2-5H2,1H3. The monoisotopic (exact) mass is 210 g/mol.